The maximum absolute atomic E-state index is 12.1. The molecule has 1 amide bonds. The molecule has 1 aromatic carbocycles. The maximum Gasteiger partial charge on any atom is 0.243 e. The standard InChI is InChI=1S/C15H15ClN2O/c1-11(13-9-5-6-10-17-13)18-15(19)14(16)12-7-3-2-4-8-12/h2-11,14H,1H3,(H,18,19)/t11-,14?/m1/s1. The molecule has 1 heterocycles. The van der Waals surface area contributed by atoms with Crippen molar-refractivity contribution in [3.8, 4) is 0 Å². The van der Waals surface area contributed by atoms with Crippen molar-refractivity contribution in [2.75, 3.05) is 0 Å². The third-order valence-corrected chi connectivity index (χ3v) is 3.26. The molecule has 2 rings (SSSR count). The Morgan fingerprint density at radius 2 is 1.84 bits per heavy atom. The summed E-state index contributed by atoms with van der Waals surface area (Å²) in [5.41, 5.74) is 1.60. The van der Waals surface area contributed by atoms with Gasteiger partial charge < -0.3 is 5.32 Å². The highest BCUT2D eigenvalue weighted by Gasteiger charge is 2.19. The van der Waals surface area contributed by atoms with Crippen molar-refractivity contribution < 1.29 is 4.79 Å². The summed E-state index contributed by atoms with van der Waals surface area (Å²) in [6, 6.07) is 14.7. The molecule has 2 aromatic rings. The molecule has 0 saturated heterocycles. The summed E-state index contributed by atoms with van der Waals surface area (Å²) in [5.74, 6) is -0.217. The van der Waals surface area contributed by atoms with Gasteiger partial charge in [0.05, 0.1) is 11.7 Å². The van der Waals surface area contributed by atoms with Gasteiger partial charge in [0.2, 0.25) is 5.91 Å². The van der Waals surface area contributed by atoms with Gasteiger partial charge in [0.25, 0.3) is 0 Å². The van der Waals surface area contributed by atoms with E-state index < -0.39 is 5.38 Å². The first-order valence-corrected chi connectivity index (χ1v) is 6.52. The molecule has 2 atom stereocenters. The molecule has 0 fully saturated rings. The molecule has 4 heteroatoms. The Morgan fingerprint density at radius 3 is 2.47 bits per heavy atom. The van der Waals surface area contributed by atoms with Gasteiger partial charge in [-0.25, -0.2) is 0 Å². The van der Waals surface area contributed by atoms with E-state index in [1.165, 1.54) is 0 Å². The van der Waals surface area contributed by atoms with E-state index in [9.17, 15) is 4.79 Å². The minimum atomic E-state index is -0.688. The number of amides is 1. The second-order valence-electron chi connectivity index (χ2n) is 4.26. The highest BCUT2D eigenvalue weighted by Crippen LogP contribution is 2.21. The molecule has 0 radical (unpaired) electrons. The monoisotopic (exact) mass is 274 g/mol. The van der Waals surface area contributed by atoms with E-state index in [4.69, 9.17) is 11.6 Å². The van der Waals surface area contributed by atoms with E-state index >= 15 is 0 Å². The Bertz CT molecular complexity index is 530. The minimum absolute atomic E-state index is 0.168. The Kier molecular flexibility index (Phi) is 4.53. The minimum Gasteiger partial charge on any atom is -0.346 e. The molecule has 1 aromatic heterocycles. The van der Waals surface area contributed by atoms with Gasteiger partial charge in [-0.05, 0) is 24.6 Å². The predicted molar refractivity (Wildman–Crippen MR) is 75.8 cm³/mol. The van der Waals surface area contributed by atoms with Crippen LogP contribution in [0.1, 0.15) is 29.6 Å². The normalized spacial score (nSPS) is 13.6. The lowest BCUT2D eigenvalue weighted by molar-refractivity contribution is -0.121. The number of nitrogens with zero attached hydrogens (tertiary/aromatic N) is 1. The van der Waals surface area contributed by atoms with Crippen LogP contribution in [0.25, 0.3) is 0 Å². The van der Waals surface area contributed by atoms with Gasteiger partial charge in [-0.3, -0.25) is 9.78 Å². The predicted octanol–water partition coefficient (Wildman–Crippen LogP) is 3.24. The number of rotatable bonds is 4. The zero-order chi connectivity index (χ0) is 13.7. The molecule has 1 N–H and O–H groups in total. The zero-order valence-electron chi connectivity index (χ0n) is 10.6. The Balaban J connectivity index is 2.02. The van der Waals surface area contributed by atoms with E-state index in [1.54, 1.807) is 6.20 Å². The third kappa shape index (κ3) is 3.55. The van der Waals surface area contributed by atoms with Crippen LogP contribution >= 0.6 is 11.6 Å². The lowest BCUT2D eigenvalue weighted by atomic mass is 10.1. The van der Waals surface area contributed by atoms with Gasteiger partial charge in [-0.15, -0.1) is 11.6 Å². The fourth-order valence-corrected chi connectivity index (χ4v) is 1.97. The summed E-state index contributed by atoms with van der Waals surface area (Å²) in [5, 5.41) is 2.17. The first-order valence-electron chi connectivity index (χ1n) is 6.09. The van der Waals surface area contributed by atoms with Gasteiger partial charge in [-0.1, -0.05) is 36.4 Å². The number of nitrogens with one attached hydrogen (secondary N) is 1. The number of hydrogen-bond donors (Lipinski definition) is 1. The van der Waals surface area contributed by atoms with Crippen molar-refractivity contribution >= 4 is 17.5 Å². The van der Waals surface area contributed by atoms with Crippen LogP contribution in [0.2, 0.25) is 0 Å². The summed E-state index contributed by atoms with van der Waals surface area (Å²) in [7, 11) is 0. The molecule has 0 bridgehead atoms. The van der Waals surface area contributed by atoms with Crippen molar-refractivity contribution in [2.24, 2.45) is 0 Å². The number of carbonyl (C=O) groups is 1. The molecule has 0 aliphatic heterocycles. The highest BCUT2D eigenvalue weighted by molar-refractivity contribution is 6.30. The van der Waals surface area contributed by atoms with Crippen molar-refractivity contribution in [2.45, 2.75) is 18.3 Å². The Morgan fingerprint density at radius 1 is 1.16 bits per heavy atom. The quantitative estimate of drug-likeness (QED) is 0.870. The van der Waals surface area contributed by atoms with E-state index in [0.717, 1.165) is 11.3 Å². The van der Waals surface area contributed by atoms with E-state index in [0.29, 0.717) is 0 Å². The Hall–Kier alpha value is -1.87. The molecule has 3 nitrogen and oxygen atoms in total. The highest BCUT2D eigenvalue weighted by atomic mass is 35.5. The van der Waals surface area contributed by atoms with Gasteiger partial charge in [0, 0.05) is 6.20 Å². The molecule has 1 unspecified atom stereocenters. The molecule has 98 valence electrons. The lowest BCUT2D eigenvalue weighted by Gasteiger charge is -2.16. The number of alkyl halides is 1. The van der Waals surface area contributed by atoms with E-state index in [2.05, 4.69) is 10.3 Å². The summed E-state index contributed by atoms with van der Waals surface area (Å²) >= 11 is 6.16. The van der Waals surface area contributed by atoms with Crippen LogP contribution in [-0.2, 0) is 4.79 Å². The van der Waals surface area contributed by atoms with Crippen LogP contribution in [0.3, 0.4) is 0 Å². The lowest BCUT2D eigenvalue weighted by Crippen LogP contribution is -2.30. The topological polar surface area (TPSA) is 42.0 Å². The summed E-state index contributed by atoms with van der Waals surface area (Å²) < 4.78 is 0. The molecule has 19 heavy (non-hydrogen) atoms. The second kappa shape index (κ2) is 6.34. The average molecular weight is 275 g/mol. The average Bonchev–Trinajstić information content (AvgIpc) is 2.48. The second-order valence-corrected chi connectivity index (χ2v) is 4.69. The van der Waals surface area contributed by atoms with Crippen molar-refractivity contribution in [3.63, 3.8) is 0 Å². The van der Waals surface area contributed by atoms with Crippen LogP contribution in [0.4, 0.5) is 0 Å². The molecule has 0 saturated carbocycles. The van der Waals surface area contributed by atoms with Crippen LogP contribution in [0.5, 0.6) is 0 Å². The molecule has 0 aliphatic carbocycles. The van der Waals surface area contributed by atoms with E-state index in [-0.39, 0.29) is 11.9 Å². The Labute approximate surface area is 117 Å². The zero-order valence-corrected chi connectivity index (χ0v) is 11.3. The largest absolute Gasteiger partial charge is 0.346 e. The molecular weight excluding hydrogens is 260 g/mol. The van der Waals surface area contributed by atoms with Crippen LogP contribution in [0, 0.1) is 0 Å². The molecule has 0 aliphatic rings. The van der Waals surface area contributed by atoms with Gasteiger partial charge >= 0.3 is 0 Å². The third-order valence-electron chi connectivity index (χ3n) is 2.81. The van der Waals surface area contributed by atoms with E-state index in [1.807, 2.05) is 55.5 Å². The van der Waals surface area contributed by atoms with Crippen molar-refractivity contribution in [1.82, 2.24) is 10.3 Å². The fraction of sp³-hybridized carbons (Fsp3) is 0.200. The number of benzene rings is 1. The number of carbonyl (C=O) groups excluding carboxylic acids is 1. The molecule has 0 spiro atoms. The number of aromatic nitrogens is 1. The van der Waals surface area contributed by atoms with Crippen LogP contribution in [0.15, 0.2) is 54.7 Å². The van der Waals surface area contributed by atoms with Crippen LogP contribution in [-0.4, -0.2) is 10.9 Å². The number of halogens is 1. The SMILES string of the molecule is C[C@@H](NC(=O)C(Cl)c1ccccc1)c1ccccn1. The van der Waals surface area contributed by atoms with Crippen molar-refractivity contribution in [3.05, 3.63) is 66.0 Å². The van der Waals surface area contributed by atoms with Gasteiger partial charge in [0.1, 0.15) is 5.38 Å². The van der Waals surface area contributed by atoms with Crippen molar-refractivity contribution in [1.29, 1.82) is 0 Å². The first-order chi connectivity index (χ1) is 9.18. The summed E-state index contributed by atoms with van der Waals surface area (Å²) in [4.78, 5) is 16.3. The van der Waals surface area contributed by atoms with Crippen LogP contribution < -0.4 is 5.32 Å². The smallest absolute Gasteiger partial charge is 0.243 e. The maximum atomic E-state index is 12.1. The number of hydrogen-bond acceptors (Lipinski definition) is 2. The van der Waals surface area contributed by atoms with Gasteiger partial charge in [0.15, 0.2) is 0 Å². The summed E-state index contributed by atoms with van der Waals surface area (Å²) in [6.45, 7) is 1.88. The van der Waals surface area contributed by atoms with Gasteiger partial charge in [-0.2, -0.15) is 0 Å². The fourth-order valence-electron chi connectivity index (χ4n) is 1.77. The first kappa shape index (κ1) is 13.6. The molecular formula is C15H15ClN2O. The summed E-state index contributed by atoms with van der Waals surface area (Å²) in [6.07, 6.45) is 1.70. The number of pyridine rings is 1.